The highest BCUT2D eigenvalue weighted by Gasteiger charge is 2.28. The molecule has 37 heavy (non-hydrogen) atoms. The Labute approximate surface area is 216 Å². The molecule has 0 aliphatic carbocycles. The Balaban J connectivity index is 1.48. The van der Waals surface area contributed by atoms with E-state index in [0.29, 0.717) is 55.4 Å². The maximum absolute atomic E-state index is 14.7. The molecule has 0 saturated carbocycles. The Bertz CT molecular complexity index is 1430. The van der Waals surface area contributed by atoms with E-state index in [0.717, 1.165) is 17.1 Å². The van der Waals surface area contributed by atoms with E-state index in [2.05, 4.69) is 30.7 Å². The van der Waals surface area contributed by atoms with Crippen molar-refractivity contribution in [3.63, 3.8) is 0 Å². The van der Waals surface area contributed by atoms with Crippen LogP contribution in [-0.2, 0) is 5.41 Å². The predicted molar refractivity (Wildman–Crippen MR) is 143 cm³/mol. The number of para-hydroxylation sites is 2. The lowest BCUT2D eigenvalue weighted by Crippen LogP contribution is -2.49. The van der Waals surface area contributed by atoms with E-state index in [-0.39, 0.29) is 17.1 Å². The third kappa shape index (κ3) is 4.88. The molecule has 2 aromatic carbocycles. The molecule has 1 fully saturated rings. The minimum absolute atomic E-state index is 0.147. The Kier molecular flexibility index (Phi) is 6.58. The predicted octanol–water partition coefficient (Wildman–Crippen LogP) is 5.19. The summed E-state index contributed by atoms with van der Waals surface area (Å²) in [5.74, 6) is 0.322. The second-order valence-corrected chi connectivity index (χ2v) is 10.2. The van der Waals surface area contributed by atoms with Crippen LogP contribution in [0.4, 0.5) is 10.1 Å². The summed E-state index contributed by atoms with van der Waals surface area (Å²) in [5, 5.41) is 4.74. The number of ether oxygens (including phenoxy) is 1. The zero-order chi connectivity index (χ0) is 26.2. The van der Waals surface area contributed by atoms with E-state index in [1.54, 1.807) is 28.8 Å². The molecule has 2 aromatic heterocycles. The zero-order valence-electron chi connectivity index (χ0n) is 21.7. The van der Waals surface area contributed by atoms with Crippen molar-refractivity contribution >= 4 is 17.2 Å². The van der Waals surface area contributed by atoms with Crippen LogP contribution in [0.5, 0.6) is 5.75 Å². The monoisotopic (exact) mass is 501 g/mol. The van der Waals surface area contributed by atoms with Crippen LogP contribution in [0.15, 0.2) is 60.7 Å². The lowest BCUT2D eigenvalue weighted by molar-refractivity contribution is 0.0737. The summed E-state index contributed by atoms with van der Waals surface area (Å²) in [6.07, 6.45) is 0. The van der Waals surface area contributed by atoms with Gasteiger partial charge >= 0.3 is 0 Å². The van der Waals surface area contributed by atoms with Crippen molar-refractivity contribution in [2.24, 2.45) is 0 Å². The number of carbonyl (C=O) groups is 1. The molecule has 0 bridgehead atoms. The average molecular weight is 502 g/mol. The average Bonchev–Trinajstić information content (AvgIpc) is 3.34. The molecule has 0 unspecified atom stereocenters. The highest BCUT2D eigenvalue weighted by Crippen LogP contribution is 2.30. The van der Waals surface area contributed by atoms with E-state index in [4.69, 9.17) is 9.84 Å². The number of hydrogen-bond donors (Lipinski definition) is 0. The van der Waals surface area contributed by atoms with Crippen LogP contribution in [0.3, 0.4) is 0 Å². The molecule has 1 saturated heterocycles. The van der Waals surface area contributed by atoms with Gasteiger partial charge in [-0.3, -0.25) is 4.79 Å². The molecule has 4 aromatic rings. The molecule has 1 amide bonds. The SMILES string of the molecule is CCOc1ccccc1N1CCN(C(=O)c2cc(-c3ccccc3F)nc3cc(C(C)(C)C)nn23)CC1. The number of amides is 1. The number of benzene rings is 2. The molecule has 0 spiro atoms. The molecule has 8 heteroatoms. The quantitative estimate of drug-likeness (QED) is 0.376. The van der Waals surface area contributed by atoms with Gasteiger partial charge in [0.2, 0.25) is 0 Å². The number of aromatic nitrogens is 3. The van der Waals surface area contributed by atoms with Gasteiger partial charge in [-0.05, 0) is 37.3 Å². The van der Waals surface area contributed by atoms with Gasteiger partial charge in [-0.1, -0.05) is 45.0 Å². The minimum atomic E-state index is -0.380. The van der Waals surface area contributed by atoms with E-state index in [9.17, 15) is 9.18 Å². The second-order valence-electron chi connectivity index (χ2n) is 10.2. The summed E-state index contributed by atoms with van der Waals surface area (Å²) >= 11 is 0. The maximum atomic E-state index is 14.7. The molecule has 3 heterocycles. The fourth-order valence-corrected chi connectivity index (χ4v) is 4.61. The van der Waals surface area contributed by atoms with E-state index < -0.39 is 0 Å². The molecule has 192 valence electrons. The lowest BCUT2D eigenvalue weighted by atomic mass is 9.93. The smallest absolute Gasteiger partial charge is 0.272 e. The third-order valence-corrected chi connectivity index (χ3v) is 6.64. The Morgan fingerprint density at radius 3 is 2.41 bits per heavy atom. The van der Waals surface area contributed by atoms with E-state index >= 15 is 0 Å². The molecule has 1 aliphatic rings. The van der Waals surface area contributed by atoms with Gasteiger partial charge in [0.05, 0.1) is 23.7 Å². The number of rotatable bonds is 5. The summed E-state index contributed by atoms with van der Waals surface area (Å²) in [6, 6.07) is 18.0. The number of nitrogens with zero attached hydrogens (tertiary/aromatic N) is 5. The van der Waals surface area contributed by atoms with Crippen molar-refractivity contribution in [3.8, 4) is 17.0 Å². The highest BCUT2D eigenvalue weighted by molar-refractivity contribution is 5.94. The fourth-order valence-electron chi connectivity index (χ4n) is 4.61. The van der Waals surface area contributed by atoms with Crippen molar-refractivity contribution in [3.05, 3.63) is 77.9 Å². The first kappa shape index (κ1) is 24.7. The molecule has 0 radical (unpaired) electrons. The highest BCUT2D eigenvalue weighted by atomic mass is 19.1. The first-order valence-electron chi connectivity index (χ1n) is 12.7. The molecule has 7 nitrogen and oxygen atoms in total. The molecule has 0 N–H and O–H groups in total. The number of piperazine rings is 1. The van der Waals surface area contributed by atoms with Crippen LogP contribution in [0.25, 0.3) is 16.9 Å². The molecule has 1 aliphatic heterocycles. The van der Waals surface area contributed by atoms with Crippen LogP contribution >= 0.6 is 0 Å². The first-order chi connectivity index (χ1) is 17.8. The van der Waals surface area contributed by atoms with Crippen molar-refractivity contribution < 1.29 is 13.9 Å². The Hall–Kier alpha value is -3.94. The lowest BCUT2D eigenvalue weighted by Gasteiger charge is -2.36. The van der Waals surface area contributed by atoms with Crippen molar-refractivity contribution in [2.45, 2.75) is 33.1 Å². The fraction of sp³-hybridized carbons (Fsp3) is 0.345. The zero-order valence-corrected chi connectivity index (χ0v) is 21.7. The minimum Gasteiger partial charge on any atom is -0.492 e. The number of fused-ring (bicyclic) bond motifs is 1. The van der Waals surface area contributed by atoms with Gasteiger partial charge in [-0.25, -0.2) is 13.9 Å². The number of anilines is 1. The number of carbonyl (C=O) groups excluding carboxylic acids is 1. The second kappa shape index (κ2) is 9.84. The Morgan fingerprint density at radius 1 is 1.00 bits per heavy atom. The van der Waals surface area contributed by atoms with Gasteiger partial charge in [0.1, 0.15) is 17.3 Å². The summed E-state index contributed by atoms with van der Waals surface area (Å²) in [4.78, 5) is 22.6. The van der Waals surface area contributed by atoms with Crippen LogP contribution in [0.2, 0.25) is 0 Å². The van der Waals surface area contributed by atoms with Gasteiger partial charge < -0.3 is 14.5 Å². The van der Waals surface area contributed by atoms with Crippen LogP contribution in [0, 0.1) is 5.82 Å². The summed E-state index contributed by atoms with van der Waals surface area (Å²) in [5.41, 5.74) is 3.29. The van der Waals surface area contributed by atoms with Crippen molar-refractivity contribution in [1.29, 1.82) is 0 Å². The van der Waals surface area contributed by atoms with E-state index in [1.807, 2.05) is 42.2 Å². The topological polar surface area (TPSA) is 63.0 Å². The molecular formula is C29H32FN5O2. The summed E-state index contributed by atoms with van der Waals surface area (Å²) in [7, 11) is 0. The molecular weight excluding hydrogens is 469 g/mol. The van der Waals surface area contributed by atoms with Crippen molar-refractivity contribution in [2.75, 3.05) is 37.7 Å². The number of hydrogen-bond acceptors (Lipinski definition) is 5. The summed E-state index contributed by atoms with van der Waals surface area (Å²) < 4.78 is 22.1. The number of halogens is 1. The van der Waals surface area contributed by atoms with Gasteiger partial charge in [-0.2, -0.15) is 5.10 Å². The van der Waals surface area contributed by atoms with Gasteiger partial charge in [0, 0.05) is 43.2 Å². The van der Waals surface area contributed by atoms with Gasteiger partial charge in [0.25, 0.3) is 5.91 Å². The van der Waals surface area contributed by atoms with Gasteiger partial charge in [0.15, 0.2) is 5.65 Å². The molecule has 5 rings (SSSR count). The van der Waals surface area contributed by atoms with Gasteiger partial charge in [-0.15, -0.1) is 0 Å². The normalized spacial score (nSPS) is 14.3. The summed E-state index contributed by atoms with van der Waals surface area (Å²) in [6.45, 7) is 11.2. The van der Waals surface area contributed by atoms with Crippen LogP contribution in [-0.4, -0.2) is 58.2 Å². The maximum Gasteiger partial charge on any atom is 0.272 e. The third-order valence-electron chi connectivity index (χ3n) is 6.64. The largest absolute Gasteiger partial charge is 0.492 e. The standard InChI is InChI=1S/C29H32FN5O2/c1-5-37-25-13-9-8-12-23(25)33-14-16-34(17-15-33)28(36)24-18-22(20-10-6-7-11-21(20)30)31-27-19-26(29(2,3)4)32-35(24)27/h6-13,18-19H,5,14-17H2,1-4H3. The first-order valence-corrected chi connectivity index (χ1v) is 12.7. The molecule has 0 atom stereocenters. The Morgan fingerprint density at radius 2 is 1.70 bits per heavy atom. The van der Waals surface area contributed by atoms with E-state index in [1.165, 1.54) is 6.07 Å². The van der Waals surface area contributed by atoms with Crippen molar-refractivity contribution in [1.82, 2.24) is 19.5 Å². The van der Waals surface area contributed by atoms with Crippen LogP contribution < -0.4 is 9.64 Å². The van der Waals surface area contributed by atoms with Crippen LogP contribution in [0.1, 0.15) is 43.9 Å².